The second-order valence-electron chi connectivity index (χ2n) is 4.97. The highest BCUT2D eigenvalue weighted by molar-refractivity contribution is 5.99. The summed E-state index contributed by atoms with van der Waals surface area (Å²) >= 11 is 0. The van der Waals surface area contributed by atoms with Crippen LogP contribution < -0.4 is 0 Å². The van der Waals surface area contributed by atoms with Gasteiger partial charge in [0, 0.05) is 12.6 Å². The number of fused-ring (bicyclic) bond motifs is 2. The van der Waals surface area contributed by atoms with Crippen LogP contribution in [0.2, 0.25) is 0 Å². The molecule has 6 heteroatoms. The summed E-state index contributed by atoms with van der Waals surface area (Å²) < 4.78 is 0. The first-order valence-corrected chi connectivity index (χ1v) is 6.68. The molecular weight excluding hydrogens is 282 g/mol. The average molecular weight is 295 g/mol. The van der Waals surface area contributed by atoms with Crippen molar-refractivity contribution in [2.24, 2.45) is 0 Å². The van der Waals surface area contributed by atoms with E-state index in [0.717, 1.165) is 15.9 Å². The van der Waals surface area contributed by atoms with Crippen LogP contribution in [0.3, 0.4) is 0 Å². The third kappa shape index (κ3) is 2.58. The Morgan fingerprint density at radius 2 is 1.59 bits per heavy atom. The molecule has 0 bridgehead atoms. The van der Waals surface area contributed by atoms with Crippen molar-refractivity contribution in [2.45, 2.75) is 0 Å². The maximum Gasteiger partial charge on any atom is 0.323 e. The van der Waals surface area contributed by atoms with Crippen LogP contribution in [0.25, 0.3) is 22.1 Å². The van der Waals surface area contributed by atoms with Gasteiger partial charge in [-0.05, 0) is 30.3 Å². The molecule has 110 valence electrons. The zero-order valence-corrected chi connectivity index (χ0v) is 11.9. The van der Waals surface area contributed by atoms with Crippen LogP contribution in [0.4, 0.5) is 0 Å². The number of nitrogens with zero attached hydrogens (tertiary/aromatic N) is 3. The van der Waals surface area contributed by atoms with Gasteiger partial charge in [0.25, 0.3) is 5.91 Å². The van der Waals surface area contributed by atoms with Gasteiger partial charge in [0.15, 0.2) is 0 Å². The summed E-state index contributed by atoms with van der Waals surface area (Å²) in [5.41, 5.74) is 3.22. The highest BCUT2D eigenvalue weighted by Crippen LogP contribution is 2.17. The molecule has 0 spiro atoms. The molecule has 2 aromatic carbocycles. The number of hydrogen-bond donors (Lipinski definition) is 1. The average Bonchev–Trinajstić information content (AvgIpc) is 2.51. The lowest BCUT2D eigenvalue weighted by molar-refractivity contribution is -0.137. The molecule has 0 aliphatic carbocycles. The number of aliphatic carboxylic acids is 1. The molecule has 0 unspecified atom stereocenters. The van der Waals surface area contributed by atoms with Gasteiger partial charge < -0.3 is 10.0 Å². The lowest BCUT2D eigenvalue weighted by Crippen LogP contribution is -2.31. The third-order valence-electron chi connectivity index (χ3n) is 3.31. The lowest BCUT2D eigenvalue weighted by Gasteiger charge is -2.14. The summed E-state index contributed by atoms with van der Waals surface area (Å²) in [4.78, 5) is 33.0. The van der Waals surface area contributed by atoms with Crippen molar-refractivity contribution in [2.75, 3.05) is 13.6 Å². The van der Waals surface area contributed by atoms with Crippen molar-refractivity contribution < 1.29 is 14.7 Å². The van der Waals surface area contributed by atoms with Gasteiger partial charge in [-0.25, -0.2) is 9.97 Å². The standard InChI is InChI=1S/C16H13N3O3/c1-19(9-15(20)21)16(22)10-6-7-13-14(8-10)18-12-5-3-2-4-11(12)17-13/h2-8H,9H2,1H3,(H,20,21). The number of benzene rings is 2. The molecular formula is C16H13N3O3. The van der Waals surface area contributed by atoms with Gasteiger partial charge in [-0.15, -0.1) is 0 Å². The maximum atomic E-state index is 12.2. The van der Waals surface area contributed by atoms with E-state index in [1.54, 1.807) is 18.2 Å². The molecule has 0 atom stereocenters. The van der Waals surface area contributed by atoms with Gasteiger partial charge in [0.2, 0.25) is 0 Å². The summed E-state index contributed by atoms with van der Waals surface area (Å²) in [6.45, 7) is -0.347. The van der Waals surface area contributed by atoms with E-state index in [-0.39, 0.29) is 12.5 Å². The van der Waals surface area contributed by atoms with Crippen molar-refractivity contribution in [1.82, 2.24) is 14.9 Å². The number of amides is 1. The van der Waals surface area contributed by atoms with Crippen molar-refractivity contribution in [3.63, 3.8) is 0 Å². The van der Waals surface area contributed by atoms with Crippen molar-refractivity contribution in [3.05, 3.63) is 48.0 Å². The molecule has 0 radical (unpaired) electrons. The van der Waals surface area contributed by atoms with Gasteiger partial charge in [0.1, 0.15) is 6.54 Å². The van der Waals surface area contributed by atoms with E-state index in [0.29, 0.717) is 16.6 Å². The van der Waals surface area contributed by atoms with Crippen molar-refractivity contribution >= 4 is 33.9 Å². The Hall–Kier alpha value is -3.02. The van der Waals surface area contributed by atoms with Crippen LogP contribution in [0.15, 0.2) is 42.5 Å². The zero-order valence-electron chi connectivity index (χ0n) is 11.9. The number of rotatable bonds is 3. The fraction of sp³-hybridized carbons (Fsp3) is 0.125. The number of carbonyl (C=O) groups is 2. The smallest absolute Gasteiger partial charge is 0.323 e. The molecule has 0 aliphatic heterocycles. The minimum Gasteiger partial charge on any atom is -0.480 e. The Labute approximate surface area is 126 Å². The number of aromatic nitrogens is 2. The van der Waals surface area contributed by atoms with Crippen LogP contribution in [0, 0.1) is 0 Å². The number of carbonyl (C=O) groups excluding carboxylic acids is 1. The molecule has 0 saturated heterocycles. The molecule has 22 heavy (non-hydrogen) atoms. The van der Waals surface area contributed by atoms with E-state index >= 15 is 0 Å². The summed E-state index contributed by atoms with van der Waals surface area (Å²) in [7, 11) is 1.45. The van der Waals surface area contributed by atoms with E-state index in [2.05, 4.69) is 9.97 Å². The number of carboxylic acids is 1. The predicted molar refractivity (Wildman–Crippen MR) is 81.6 cm³/mol. The molecule has 6 nitrogen and oxygen atoms in total. The van der Waals surface area contributed by atoms with Crippen LogP contribution in [-0.2, 0) is 4.79 Å². The Balaban J connectivity index is 2.03. The fourth-order valence-electron chi connectivity index (χ4n) is 2.25. The first-order chi connectivity index (χ1) is 10.5. The van der Waals surface area contributed by atoms with E-state index in [4.69, 9.17) is 5.11 Å². The van der Waals surface area contributed by atoms with Crippen LogP contribution in [-0.4, -0.2) is 45.4 Å². The summed E-state index contributed by atoms with van der Waals surface area (Å²) in [6, 6.07) is 12.5. The lowest BCUT2D eigenvalue weighted by atomic mass is 10.1. The molecule has 0 fully saturated rings. The van der Waals surface area contributed by atoms with Gasteiger partial charge in [-0.3, -0.25) is 9.59 Å². The van der Waals surface area contributed by atoms with Crippen LogP contribution in [0.1, 0.15) is 10.4 Å². The number of likely N-dealkylation sites (N-methyl/N-ethyl adjacent to an activating group) is 1. The normalized spacial score (nSPS) is 10.8. The van der Waals surface area contributed by atoms with Gasteiger partial charge in [-0.2, -0.15) is 0 Å². The summed E-state index contributed by atoms with van der Waals surface area (Å²) in [5.74, 6) is -1.42. The zero-order chi connectivity index (χ0) is 15.7. The second kappa shape index (κ2) is 5.40. The van der Waals surface area contributed by atoms with Crippen LogP contribution >= 0.6 is 0 Å². The molecule has 3 aromatic rings. The van der Waals surface area contributed by atoms with E-state index < -0.39 is 5.97 Å². The molecule has 3 rings (SSSR count). The highest BCUT2D eigenvalue weighted by Gasteiger charge is 2.15. The summed E-state index contributed by atoms with van der Waals surface area (Å²) in [6.07, 6.45) is 0. The maximum absolute atomic E-state index is 12.2. The number of carboxylic acid groups (broad SMARTS) is 1. The van der Waals surface area contributed by atoms with Crippen LogP contribution in [0.5, 0.6) is 0 Å². The molecule has 0 aliphatic rings. The topological polar surface area (TPSA) is 83.4 Å². The van der Waals surface area contributed by atoms with E-state index in [1.165, 1.54) is 7.05 Å². The Kier molecular flexibility index (Phi) is 3.42. The number of hydrogen-bond acceptors (Lipinski definition) is 4. The van der Waals surface area contributed by atoms with Gasteiger partial charge in [0.05, 0.1) is 22.1 Å². The summed E-state index contributed by atoms with van der Waals surface area (Å²) in [5, 5.41) is 8.75. The highest BCUT2D eigenvalue weighted by atomic mass is 16.4. The monoisotopic (exact) mass is 295 g/mol. The van der Waals surface area contributed by atoms with Gasteiger partial charge in [-0.1, -0.05) is 12.1 Å². The first kappa shape index (κ1) is 13.9. The fourth-order valence-corrected chi connectivity index (χ4v) is 2.25. The first-order valence-electron chi connectivity index (χ1n) is 6.68. The molecule has 1 N–H and O–H groups in total. The quantitative estimate of drug-likeness (QED) is 0.747. The second-order valence-corrected chi connectivity index (χ2v) is 4.97. The predicted octanol–water partition coefficient (Wildman–Crippen LogP) is 1.94. The largest absolute Gasteiger partial charge is 0.480 e. The minimum absolute atomic E-state index is 0.347. The van der Waals surface area contributed by atoms with E-state index in [1.807, 2.05) is 24.3 Å². The Bertz CT molecular complexity index is 892. The molecule has 1 amide bonds. The van der Waals surface area contributed by atoms with Crippen molar-refractivity contribution in [1.29, 1.82) is 0 Å². The minimum atomic E-state index is -1.05. The van der Waals surface area contributed by atoms with E-state index in [9.17, 15) is 9.59 Å². The number of para-hydroxylation sites is 2. The molecule has 0 saturated carbocycles. The molecule has 1 aromatic heterocycles. The third-order valence-corrected chi connectivity index (χ3v) is 3.31. The Morgan fingerprint density at radius 3 is 2.23 bits per heavy atom. The SMILES string of the molecule is CN(CC(=O)O)C(=O)c1ccc2nc3ccccc3nc2c1. The molecule has 1 heterocycles. The Morgan fingerprint density at radius 1 is 1.00 bits per heavy atom. The van der Waals surface area contributed by atoms with Crippen molar-refractivity contribution in [3.8, 4) is 0 Å². The van der Waals surface area contributed by atoms with Gasteiger partial charge >= 0.3 is 5.97 Å².